The number of nitrogens with zero attached hydrogens (tertiary/aromatic N) is 3. The van der Waals surface area contributed by atoms with Crippen molar-refractivity contribution in [3.63, 3.8) is 0 Å². The second kappa shape index (κ2) is 6.65. The lowest BCUT2D eigenvalue weighted by Gasteiger charge is -2.03. The van der Waals surface area contributed by atoms with Crippen molar-refractivity contribution in [3.8, 4) is 5.69 Å². The van der Waals surface area contributed by atoms with Gasteiger partial charge >= 0.3 is 5.97 Å². The van der Waals surface area contributed by atoms with Crippen LogP contribution in [0.25, 0.3) is 5.69 Å². The van der Waals surface area contributed by atoms with E-state index >= 15 is 0 Å². The van der Waals surface area contributed by atoms with E-state index in [0.717, 1.165) is 34.3 Å². The van der Waals surface area contributed by atoms with Crippen molar-refractivity contribution < 1.29 is 9.90 Å². The molecule has 2 aromatic rings. The van der Waals surface area contributed by atoms with Gasteiger partial charge in [0.25, 0.3) is 0 Å². The number of halogens is 1. The second-order valence-corrected chi connectivity index (χ2v) is 5.54. The highest BCUT2D eigenvalue weighted by Gasteiger charge is 2.05. The van der Waals surface area contributed by atoms with Crippen molar-refractivity contribution in [2.75, 3.05) is 0 Å². The van der Waals surface area contributed by atoms with Gasteiger partial charge in [0, 0.05) is 10.9 Å². The number of hydrogen-bond acceptors (Lipinski definition) is 3. The lowest BCUT2D eigenvalue weighted by molar-refractivity contribution is -0.137. The Morgan fingerprint density at radius 3 is 2.90 bits per heavy atom. The molecule has 0 spiro atoms. The van der Waals surface area contributed by atoms with Gasteiger partial charge in [-0.25, -0.2) is 4.68 Å². The third-order valence-corrected chi connectivity index (χ3v) is 3.91. The first-order valence-corrected chi connectivity index (χ1v) is 7.25. The van der Waals surface area contributed by atoms with Crippen molar-refractivity contribution >= 4 is 21.9 Å². The molecule has 0 aliphatic heterocycles. The summed E-state index contributed by atoms with van der Waals surface area (Å²) < 4.78 is 2.81. The Hall–Kier alpha value is -1.69. The monoisotopic (exact) mass is 337 g/mol. The molecule has 1 N–H and O–H groups in total. The SMILES string of the molecule is Cc1cc(-n2cc(CCCCC(=O)O)nn2)ccc1Br. The molecule has 0 amide bonds. The number of benzene rings is 1. The number of rotatable bonds is 6. The summed E-state index contributed by atoms with van der Waals surface area (Å²) in [7, 11) is 0. The first-order chi connectivity index (χ1) is 9.56. The quantitative estimate of drug-likeness (QED) is 0.822. The average molecular weight is 338 g/mol. The van der Waals surface area contributed by atoms with Crippen molar-refractivity contribution in [2.24, 2.45) is 0 Å². The first kappa shape index (κ1) is 14.7. The van der Waals surface area contributed by atoms with E-state index in [2.05, 4.69) is 26.2 Å². The van der Waals surface area contributed by atoms with Gasteiger partial charge in [0.1, 0.15) is 0 Å². The molecule has 20 heavy (non-hydrogen) atoms. The van der Waals surface area contributed by atoms with Crippen LogP contribution in [-0.4, -0.2) is 26.1 Å². The normalized spacial score (nSPS) is 10.7. The van der Waals surface area contributed by atoms with Crippen LogP contribution in [0.2, 0.25) is 0 Å². The van der Waals surface area contributed by atoms with Crippen LogP contribution in [0.4, 0.5) is 0 Å². The molecule has 2 rings (SSSR count). The van der Waals surface area contributed by atoms with Gasteiger partial charge in [-0.3, -0.25) is 4.79 Å². The summed E-state index contributed by atoms with van der Waals surface area (Å²) >= 11 is 3.47. The van der Waals surface area contributed by atoms with E-state index in [1.165, 1.54) is 0 Å². The highest BCUT2D eigenvalue weighted by molar-refractivity contribution is 9.10. The zero-order valence-corrected chi connectivity index (χ0v) is 12.8. The lowest BCUT2D eigenvalue weighted by Crippen LogP contribution is -1.95. The lowest BCUT2D eigenvalue weighted by atomic mass is 10.1. The van der Waals surface area contributed by atoms with Crippen LogP contribution in [-0.2, 0) is 11.2 Å². The highest BCUT2D eigenvalue weighted by atomic mass is 79.9. The summed E-state index contributed by atoms with van der Waals surface area (Å²) in [6.45, 7) is 2.03. The zero-order valence-electron chi connectivity index (χ0n) is 11.2. The zero-order chi connectivity index (χ0) is 14.5. The van der Waals surface area contributed by atoms with Crippen LogP contribution in [0.5, 0.6) is 0 Å². The summed E-state index contributed by atoms with van der Waals surface area (Å²) in [5.74, 6) is -0.751. The second-order valence-electron chi connectivity index (χ2n) is 4.69. The van der Waals surface area contributed by atoms with Crippen LogP contribution >= 0.6 is 15.9 Å². The van der Waals surface area contributed by atoms with Crippen LogP contribution in [0.3, 0.4) is 0 Å². The molecule has 1 heterocycles. The predicted octanol–water partition coefficient (Wildman–Crippen LogP) is 3.14. The Bertz CT molecular complexity index is 610. The van der Waals surface area contributed by atoms with E-state index in [9.17, 15) is 4.79 Å². The predicted molar refractivity (Wildman–Crippen MR) is 79.0 cm³/mol. The summed E-state index contributed by atoms with van der Waals surface area (Å²) in [6.07, 6.45) is 4.33. The van der Waals surface area contributed by atoms with Gasteiger partial charge in [0.15, 0.2) is 0 Å². The van der Waals surface area contributed by atoms with Crippen molar-refractivity contribution in [1.29, 1.82) is 0 Å². The molecule has 5 nitrogen and oxygen atoms in total. The Kier molecular flexibility index (Phi) is 4.89. The summed E-state index contributed by atoms with van der Waals surface area (Å²) in [4.78, 5) is 10.4. The minimum Gasteiger partial charge on any atom is -0.481 e. The molecule has 0 saturated carbocycles. The van der Waals surface area contributed by atoms with Crippen LogP contribution in [0, 0.1) is 6.92 Å². The van der Waals surface area contributed by atoms with Gasteiger partial charge in [-0.15, -0.1) is 5.10 Å². The van der Waals surface area contributed by atoms with Crippen molar-refractivity contribution in [3.05, 3.63) is 40.1 Å². The molecule has 106 valence electrons. The first-order valence-electron chi connectivity index (χ1n) is 6.46. The number of unbranched alkanes of at least 4 members (excludes halogenated alkanes) is 1. The fraction of sp³-hybridized carbons (Fsp3) is 0.357. The van der Waals surface area contributed by atoms with E-state index in [1.807, 2.05) is 31.3 Å². The summed E-state index contributed by atoms with van der Waals surface area (Å²) in [5, 5.41) is 16.8. The topological polar surface area (TPSA) is 68.0 Å². The minimum absolute atomic E-state index is 0.208. The number of aromatic nitrogens is 3. The molecule has 0 bridgehead atoms. The van der Waals surface area contributed by atoms with Crippen molar-refractivity contribution in [1.82, 2.24) is 15.0 Å². The largest absolute Gasteiger partial charge is 0.481 e. The smallest absolute Gasteiger partial charge is 0.303 e. The molecule has 1 aromatic heterocycles. The molecular formula is C14H16BrN3O2. The summed E-state index contributed by atoms with van der Waals surface area (Å²) in [5.41, 5.74) is 2.99. The molecular weight excluding hydrogens is 322 g/mol. The third-order valence-electron chi connectivity index (χ3n) is 3.02. The van der Waals surface area contributed by atoms with Crippen LogP contribution in [0.15, 0.2) is 28.9 Å². The Balaban J connectivity index is 1.97. The molecule has 0 saturated heterocycles. The molecule has 0 atom stereocenters. The van der Waals surface area contributed by atoms with E-state index < -0.39 is 5.97 Å². The van der Waals surface area contributed by atoms with E-state index in [1.54, 1.807) is 4.68 Å². The van der Waals surface area contributed by atoms with Crippen LogP contribution in [0.1, 0.15) is 30.5 Å². The average Bonchev–Trinajstić information content (AvgIpc) is 2.86. The molecule has 0 fully saturated rings. The molecule has 0 unspecified atom stereocenters. The number of aryl methyl sites for hydroxylation is 2. The van der Waals surface area contributed by atoms with E-state index in [4.69, 9.17) is 5.11 Å². The molecule has 0 aliphatic carbocycles. The molecule has 6 heteroatoms. The standard InChI is InChI=1S/C14H16BrN3O2/c1-10-8-12(6-7-13(10)15)18-9-11(16-17-18)4-2-3-5-14(19)20/h6-9H,2-5H2,1H3,(H,19,20). The maximum atomic E-state index is 10.4. The number of carboxylic acids is 1. The van der Waals surface area contributed by atoms with E-state index in [0.29, 0.717) is 6.42 Å². The number of carbonyl (C=O) groups is 1. The van der Waals surface area contributed by atoms with Gasteiger partial charge < -0.3 is 5.11 Å². The molecule has 0 radical (unpaired) electrons. The number of aliphatic carboxylic acids is 1. The number of hydrogen-bond donors (Lipinski definition) is 1. The van der Waals surface area contributed by atoms with Gasteiger partial charge in [-0.05, 0) is 49.9 Å². The van der Waals surface area contributed by atoms with Crippen molar-refractivity contribution in [2.45, 2.75) is 32.6 Å². The Labute approximate surface area is 125 Å². The van der Waals surface area contributed by atoms with Crippen LogP contribution < -0.4 is 0 Å². The third kappa shape index (κ3) is 3.90. The summed E-state index contributed by atoms with van der Waals surface area (Å²) in [6, 6.07) is 5.99. The van der Waals surface area contributed by atoms with Gasteiger partial charge in [0.05, 0.1) is 17.6 Å². The Morgan fingerprint density at radius 2 is 2.20 bits per heavy atom. The van der Waals surface area contributed by atoms with Gasteiger partial charge in [0.2, 0.25) is 0 Å². The van der Waals surface area contributed by atoms with Gasteiger partial charge in [-0.2, -0.15) is 0 Å². The fourth-order valence-corrected chi connectivity index (χ4v) is 2.14. The minimum atomic E-state index is -0.751. The van der Waals surface area contributed by atoms with Gasteiger partial charge in [-0.1, -0.05) is 21.1 Å². The molecule has 0 aliphatic rings. The molecule has 1 aromatic carbocycles. The fourth-order valence-electron chi connectivity index (χ4n) is 1.89. The number of carboxylic acid groups (broad SMARTS) is 1. The maximum Gasteiger partial charge on any atom is 0.303 e. The van der Waals surface area contributed by atoms with E-state index in [-0.39, 0.29) is 6.42 Å². The highest BCUT2D eigenvalue weighted by Crippen LogP contribution is 2.19. The maximum absolute atomic E-state index is 10.4. The Morgan fingerprint density at radius 1 is 1.40 bits per heavy atom.